The Morgan fingerprint density at radius 2 is 1.52 bits per heavy atom. The molecular formula is C17H15NO3. The lowest BCUT2D eigenvalue weighted by atomic mass is 10.2. The van der Waals surface area contributed by atoms with Crippen LogP contribution in [0.2, 0.25) is 0 Å². The van der Waals surface area contributed by atoms with Crippen LogP contribution >= 0.6 is 0 Å². The molecule has 0 radical (unpaired) electrons. The molecule has 4 heteroatoms. The van der Waals surface area contributed by atoms with E-state index in [1.807, 2.05) is 48.5 Å². The summed E-state index contributed by atoms with van der Waals surface area (Å²) < 4.78 is 16.4. The van der Waals surface area contributed by atoms with Gasteiger partial charge in [-0.2, -0.15) is 0 Å². The molecule has 0 aliphatic heterocycles. The molecule has 0 spiro atoms. The van der Waals surface area contributed by atoms with Gasteiger partial charge in [-0.3, -0.25) is 4.98 Å². The molecule has 1 heterocycles. The molecule has 106 valence electrons. The molecule has 4 nitrogen and oxygen atoms in total. The molecule has 0 saturated heterocycles. The zero-order chi connectivity index (χ0) is 14.7. The number of methoxy groups -OCH3 is 2. The number of hydrogen-bond acceptors (Lipinski definition) is 4. The summed E-state index contributed by atoms with van der Waals surface area (Å²) in [5.74, 6) is 2.79. The van der Waals surface area contributed by atoms with E-state index in [1.165, 1.54) is 0 Å². The molecule has 0 unspecified atom stereocenters. The molecule has 3 aromatic rings. The first-order valence-electron chi connectivity index (χ1n) is 6.55. The second-order valence-corrected chi connectivity index (χ2v) is 4.49. The molecule has 21 heavy (non-hydrogen) atoms. The molecule has 0 atom stereocenters. The van der Waals surface area contributed by atoms with Gasteiger partial charge in [0.2, 0.25) is 0 Å². The Morgan fingerprint density at radius 1 is 0.810 bits per heavy atom. The maximum Gasteiger partial charge on any atom is 0.162 e. The predicted octanol–water partition coefficient (Wildman–Crippen LogP) is 4.04. The fraction of sp³-hybridized carbons (Fsp3) is 0.118. The van der Waals surface area contributed by atoms with Gasteiger partial charge in [0.25, 0.3) is 0 Å². The van der Waals surface area contributed by atoms with Gasteiger partial charge < -0.3 is 14.2 Å². The van der Waals surface area contributed by atoms with E-state index < -0.39 is 0 Å². The zero-order valence-electron chi connectivity index (χ0n) is 11.9. The van der Waals surface area contributed by atoms with Gasteiger partial charge in [-0.05, 0) is 24.3 Å². The summed E-state index contributed by atoms with van der Waals surface area (Å²) in [4.78, 5) is 4.40. The van der Waals surface area contributed by atoms with Gasteiger partial charge >= 0.3 is 0 Å². The van der Waals surface area contributed by atoms with Crippen LogP contribution < -0.4 is 14.2 Å². The van der Waals surface area contributed by atoms with Crippen molar-refractivity contribution < 1.29 is 14.2 Å². The van der Waals surface area contributed by atoms with E-state index in [9.17, 15) is 0 Å². The van der Waals surface area contributed by atoms with Gasteiger partial charge in [0.05, 0.1) is 25.9 Å². The molecule has 0 aliphatic carbocycles. The number of rotatable bonds is 4. The summed E-state index contributed by atoms with van der Waals surface area (Å²) in [6, 6.07) is 15.3. The average molecular weight is 281 g/mol. The summed E-state index contributed by atoms with van der Waals surface area (Å²) in [5.41, 5.74) is 0.827. The van der Waals surface area contributed by atoms with Gasteiger partial charge in [0.1, 0.15) is 11.5 Å². The minimum Gasteiger partial charge on any atom is -0.493 e. The third-order valence-corrected chi connectivity index (χ3v) is 3.14. The Hall–Kier alpha value is -2.75. The summed E-state index contributed by atoms with van der Waals surface area (Å²) in [6.07, 6.45) is 1.70. The number of pyridine rings is 1. The number of nitrogens with zero attached hydrogens (tertiary/aromatic N) is 1. The second kappa shape index (κ2) is 5.71. The van der Waals surface area contributed by atoms with E-state index in [4.69, 9.17) is 14.2 Å². The minimum absolute atomic E-state index is 0.661. The second-order valence-electron chi connectivity index (χ2n) is 4.49. The normalized spacial score (nSPS) is 10.4. The van der Waals surface area contributed by atoms with Crippen molar-refractivity contribution in [2.24, 2.45) is 0 Å². The summed E-state index contributed by atoms with van der Waals surface area (Å²) in [5, 5.41) is 0.932. The highest BCUT2D eigenvalue weighted by Gasteiger charge is 2.08. The SMILES string of the molecule is COc1cc2cc(Oc3ccccc3)cnc2cc1OC. The Morgan fingerprint density at radius 3 is 2.24 bits per heavy atom. The average Bonchev–Trinajstić information content (AvgIpc) is 2.54. The standard InChI is InChI=1S/C17H15NO3/c1-19-16-9-12-8-14(21-13-6-4-3-5-7-13)11-18-15(12)10-17(16)20-2/h3-11H,1-2H3. The number of hydrogen-bond donors (Lipinski definition) is 0. The fourth-order valence-corrected chi connectivity index (χ4v) is 2.12. The highest BCUT2D eigenvalue weighted by molar-refractivity contribution is 5.83. The van der Waals surface area contributed by atoms with E-state index in [0.717, 1.165) is 16.7 Å². The molecular weight excluding hydrogens is 266 g/mol. The molecule has 0 bridgehead atoms. The highest BCUT2D eigenvalue weighted by atomic mass is 16.5. The van der Waals surface area contributed by atoms with Crippen LogP contribution in [0.15, 0.2) is 54.7 Å². The third kappa shape index (κ3) is 2.74. The topological polar surface area (TPSA) is 40.6 Å². The molecule has 0 aliphatic rings. The Balaban J connectivity index is 1.99. The first-order chi connectivity index (χ1) is 10.3. The third-order valence-electron chi connectivity index (χ3n) is 3.14. The Bertz CT molecular complexity index is 757. The van der Waals surface area contributed by atoms with Crippen LogP contribution in [-0.4, -0.2) is 19.2 Å². The summed E-state index contributed by atoms with van der Waals surface area (Å²) in [6.45, 7) is 0. The predicted molar refractivity (Wildman–Crippen MR) is 81.4 cm³/mol. The molecule has 0 saturated carbocycles. The molecule has 3 rings (SSSR count). The van der Waals surface area contributed by atoms with Gasteiger partial charge in [-0.1, -0.05) is 18.2 Å². The van der Waals surface area contributed by atoms with Crippen LogP contribution in [0.4, 0.5) is 0 Å². The van der Waals surface area contributed by atoms with Gasteiger partial charge in [-0.25, -0.2) is 0 Å². The highest BCUT2D eigenvalue weighted by Crippen LogP contribution is 2.33. The Labute approximate surface area is 122 Å². The number of ether oxygens (including phenoxy) is 3. The first kappa shape index (κ1) is 13.2. The summed E-state index contributed by atoms with van der Waals surface area (Å²) >= 11 is 0. The molecule has 1 aromatic heterocycles. The molecule has 0 N–H and O–H groups in total. The van der Waals surface area contributed by atoms with Gasteiger partial charge in [0.15, 0.2) is 11.5 Å². The van der Waals surface area contributed by atoms with Gasteiger partial charge in [-0.15, -0.1) is 0 Å². The van der Waals surface area contributed by atoms with Crippen molar-refractivity contribution in [2.75, 3.05) is 14.2 Å². The quantitative estimate of drug-likeness (QED) is 0.723. The number of aromatic nitrogens is 1. The fourth-order valence-electron chi connectivity index (χ4n) is 2.12. The number of benzene rings is 2. The van der Waals surface area contributed by atoms with Crippen molar-refractivity contribution in [2.45, 2.75) is 0 Å². The number of fused-ring (bicyclic) bond motifs is 1. The monoisotopic (exact) mass is 281 g/mol. The molecule has 0 fully saturated rings. The van der Waals surface area contributed by atoms with E-state index >= 15 is 0 Å². The van der Waals surface area contributed by atoms with E-state index in [1.54, 1.807) is 20.4 Å². The molecule has 0 amide bonds. The lowest BCUT2D eigenvalue weighted by Crippen LogP contribution is -1.92. The minimum atomic E-state index is 0.661. The van der Waals surface area contributed by atoms with Crippen LogP contribution in [0.25, 0.3) is 10.9 Å². The maximum absolute atomic E-state index is 5.78. The maximum atomic E-state index is 5.78. The lowest BCUT2D eigenvalue weighted by molar-refractivity contribution is 0.355. The van der Waals surface area contributed by atoms with Crippen LogP contribution in [0.1, 0.15) is 0 Å². The van der Waals surface area contributed by atoms with E-state index in [2.05, 4.69) is 4.98 Å². The van der Waals surface area contributed by atoms with Crippen molar-refractivity contribution in [1.29, 1.82) is 0 Å². The van der Waals surface area contributed by atoms with E-state index in [-0.39, 0.29) is 0 Å². The van der Waals surface area contributed by atoms with Crippen LogP contribution in [0.5, 0.6) is 23.0 Å². The van der Waals surface area contributed by atoms with E-state index in [0.29, 0.717) is 17.2 Å². The van der Waals surface area contributed by atoms with Crippen molar-refractivity contribution in [1.82, 2.24) is 4.98 Å². The van der Waals surface area contributed by atoms with Crippen molar-refractivity contribution >= 4 is 10.9 Å². The lowest BCUT2D eigenvalue weighted by Gasteiger charge is -2.10. The Kier molecular flexibility index (Phi) is 3.60. The summed E-state index contributed by atoms with van der Waals surface area (Å²) in [7, 11) is 3.22. The smallest absolute Gasteiger partial charge is 0.162 e. The van der Waals surface area contributed by atoms with Crippen LogP contribution in [-0.2, 0) is 0 Å². The van der Waals surface area contributed by atoms with Crippen LogP contribution in [0, 0.1) is 0 Å². The van der Waals surface area contributed by atoms with Crippen LogP contribution in [0.3, 0.4) is 0 Å². The first-order valence-corrected chi connectivity index (χ1v) is 6.55. The van der Waals surface area contributed by atoms with Gasteiger partial charge in [0, 0.05) is 11.5 Å². The molecule has 2 aromatic carbocycles. The number of para-hydroxylation sites is 1. The zero-order valence-corrected chi connectivity index (χ0v) is 11.9. The van der Waals surface area contributed by atoms with Crippen molar-refractivity contribution in [3.63, 3.8) is 0 Å². The largest absolute Gasteiger partial charge is 0.493 e. The van der Waals surface area contributed by atoms with Crippen molar-refractivity contribution in [3.05, 3.63) is 54.7 Å². The van der Waals surface area contributed by atoms with Crippen molar-refractivity contribution in [3.8, 4) is 23.0 Å².